The van der Waals surface area contributed by atoms with Gasteiger partial charge in [0.05, 0.1) is 79.4 Å². The van der Waals surface area contributed by atoms with E-state index in [4.69, 9.17) is 43.6 Å². The minimum atomic E-state index is -0.947. The van der Waals surface area contributed by atoms with Crippen LogP contribution in [0.5, 0.6) is 0 Å². The molecule has 8 aliphatic rings. The molecule has 12 nitrogen and oxygen atoms in total. The van der Waals surface area contributed by atoms with E-state index in [1.54, 1.807) is 7.11 Å². The van der Waals surface area contributed by atoms with Crippen LogP contribution in [0.15, 0.2) is 24.3 Å². The van der Waals surface area contributed by atoms with Crippen molar-refractivity contribution in [2.45, 2.75) is 194 Å². The van der Waals surface area contributed by atoms with Gasteiger partial charge in [0.15, 0.2) is 5.79 Å². The molecule has 8 saturated heterocycles. The van der Waals surface area contributed by atoms with Crippen molar-refractivity contribution in [1.82, 2.24) is 0 Å². The first-order chi connectivity index (χ1) is 25.0. The van der Waals surface area contributed by atoms with Crippen molar-refractivity contribution in [2.24, 2.45) is 17.6 Å². The summed E-state index contributed by atoms with van der Waals surface area (Å²) in [7, 11) is 1.65. The molecule has 1 spiro atoms. The number of aliphatic hydroxyl groups is 2. The Bertz CT molecular complexity index is 1330. The number of rotatable bonds is 4. The summed E-state index contributed by atoms with van der Waals surface area (Å²) in [5, 5.41) is 21.7. The number of ether oxygens (including phenoxy) is 8. The highest BCUT2D eigenvalue weighted by molar-refractivity contribution is 5.79. The second-order valence-corrected chi connectivity index (χ2v) is 17.2. The van der Waals surface area contributed by atoms with Gasteiger partial charge in [-0.2, -0.15) is 0 Å². The van der Waals surface area contributed by atoms with Crippen LogP contribution in [-0.4, -0.2) is 127 Å². The number of carbonyl (C=O) groups excluding carboxylic acids is 1. The third-order valence-corrected chi connectivity index (χ3v) is 13.6. The van der Waals surface area contributed by atoms with Gasteiger partial charge in [0, 0.05) is 64.5 Å². The minimum Gasteiger partial charge on any atom is -0.392 e. The van der Waals surface area contributed by atoms with E-state index in [9.17, 15) is 15.0 Å². The lowest BCUT2D eigenvalue weighted by Crippen LogP contribution is -2.58. The van der Waals surface area contributed by atoms with Gasteiger partial charge in [0.1, 0.15) is 18.0 Å². The molecule has 4 N–H and O–H groups in total. The Morgan fingerprint density at radius 3 is 2.44 bits per heavy atom. The first-order valence-electron chi connectivity index (χ1n) is 20.1. The van der Waals surface area contributed by atoms with Crippen LogP contribution in [0.25, 0.3) is 0 Å². The average molecular weight is 732 g/mol. The van der Waals surface area contributed by atoms with Crippen molar-refractivity contribution in [1.29, 1.82) is 0 Å². The lowest BCUT2D eigenvalue weighted by atomic mass is 9.81. The van der Waals surface area contributed by atoms with Gasteiger partial charge in [0.25, 0.3) is 0 Å². The van der Waals surface area contributed by atoms with Gasteiger partial charge in [0.2, 0.25) is 0 Å². The molecule has 10 bridgehead atoms. The van der Waals surface area contributed by atoms with Crippen LogP contribution in [0.1, 0.15) is 96.8 Å². The maximum absolute atomic E-state index is 14.0. The average Bonchev–Trinajstić information content (AvgIpc) is 3.72. The highest BCUT2D eigenvalue weighted by Gasteiger charge is 2.59. The fraction of sp³-hybridized carbons (Fsp3) is 0.875. The predicted octanol–water partition coefficient (Wildman–Crippen LogP) is 3.42. The monoisotopic (exact) mass is 731 g/mol. The highest BCUT2D eigenvalue weighted by Crippen LogP contribution is 2.49. The summed E-state index contributed by atoms with van der Waals surface area (Å²) >= 11 is 0. The van der Waals surface area contributed by atoms with Gasteiger partial charge in [-0.3, -0.25) is 4.79 Å². The molecule has 0 aromatic rings. The molecule has 0 saturated carbocycles. The Balaban J connectivity index is 1.06. The summed E-state index contributed by atoms with van der Waals surface area (Å²) < 4.78 is 52.9. The Kier molecular flexibility index (Phi) is 11.1. The van der Waals surface area contributed by atoms with Crippen molar-refractivity contribution in [3.8, 4) is 0 Å². The van der Waals surface area contributed by atoms with Crippen molar-refractivity contribution in [3.63, 3.8) is 0 Å². The molecule has 0 aromatic carbocycles. The van der Waals surface area contributed by atoms with Crippen molar-refractivity contribution in [2.75, 3.05) is 13.7 Å². The van der Waals surface area contributed by atoms with Gasteiger partial charge in [-0.1, -0.05) is 20.1 Å². The molecular formula is C40H61NO11. The van der Waals surface area contributed by atoms with Crippen molar-refractivity contribution < 1.29 is 52.9 Å². The smallest absolute Gasteiger partial charge is 0.172 e. The number of hydrogen-bond acceptors (Lipinski definition) is 12. The van der Waals surface area contributed by atoms with Crippen LogP contribution in [0.3, 0.4) is 0 Å². The molecule has 8 rings (SSSR count). The zero-order valence-electron chi connectivity index (χ0n) is 31.0. The maximum Gasteiger partial charge on any atom is 0.172 e. The van der Waals surface area contributed by atoms with E-state index in [0.717, 1.165) is 49.7 Å². The topological polar surface area (TPSA) is 157 Å². The van der Waals surface area contributed by atoms with Gasteiger partial charge in [-0.25, -0.2) is 0 Å². The normalized spacial score (nSPS) is 50.4. The number of ketones is 1. The lowest BCUT2D eigenvalue weighted by Gasteiger charge is -2.47. The molecule has 8 aliphatic heterocycles. The number of fused-ring (bicyclic) bond motifs is 9. The lowest BCUT2D eigenvalue weighted by molar-refractivity contribution is -0.277. The molecule has 0 radical (unpaired) electrons. The van der Waals surface area contributed by atoms with E-state index in [-0.39, 0.29) is 104 Å². The van der Waals surface area contributed by atoms with Crippen LogP contribution in [0.2, 0.25) is 0 Å². The first-order valence-corrected chi connectivity index (χ1v) is 20.1. The molecule has 1 unspecified atom stereocenters. The SMILES string of the molecule is C=C1C[C@@H]2CC[C@]34C[C@@H](O)[C@H](O3)C3C[C@@H](O4)[C@H]4O[C@H](CC[C@@H]4O3)CC(=O)C[C@@H]3[C@@H](OC)[C@@H](C[C@H](O)CN)O[C@H]3C[C@H]3O[C@@H](CC[C@@H]1O2)C[C@@H](C)C3=C. The van der Waals surface area contributed by atoms with Crippen LogP contribution in [-0.2, 0) is 42.7 Å². The number of methoxy groups -OCH3 is 1. The zero-order valence-corrected chi connectivity index (χ0v) is 31.0. The van der Waals surface area contributed by atoms with Crippen LogP contribution < -0.4 is 5.73 Å². The summed E-state index contributed by atoms with van der Waals surface area (Å²) in [6.45, 7) is 11.2. The van der Waals surface area contributed by atoms with Crippen molar-refractivity contribution in [3.05, 3.63) is 24.3 Å². The minimum absolute atomic E-state index is 0.00397. The quantitative estimate of drug-likeness (QED) is 0.363. The van der Waals surface area contributed by atoms with E-state index in [2.05, 4.69) is 20.1 Å². The third kappa shape index (κ3) is 7.48. The Hall–Kier alpha value is -1.29. The van der Waals surface area contributed by atoms with Gasteiger partial charge >= 0.3 is 0 Å². The maximum atomic E-state index is 14.0. The Morgan fingerprint density at radius 2 is 1.63 bits per heavy atom. The fourth-order valence-electron chi connectivity index (χ4n) is 10.8. The number of nitrogens with two attached hydrogens (primary N) is 1. The van der Waals surface area contributed by atoms with Gasteiger partial charge in [-0.15, -0.1) is 0 Å². The van der Waals surface area contributed by atoms with E-state index < -0.39 is 30.2 Å². The summed E-state index contributed by atoms with van der Waals surface area (Å²) in [4.78, 5) is 14.0. The second kappa shape index (κ2) is 15.3. The van der Waals surface area contributed by atoms with Crippen LogP contribution >= 0.6 is 0 Å². The van der Waals surface area contributed by atoms with Gasteiger partial charge in [-0.05, 0) is 62.0 Å². The molecular weight excluding hydrogens is 670 g/mol. The summed E-state index contributed by atoms with van der Waals surface area (Å²) in [5.41, 5.74) is 7.96. The predicted molar refractivity (Wildman–Crippen MR) is 188 cm³/mol. The summed E-state index contributed by atoms with van der Waals surface area (Å²) in [6.07, 6.45) is 3.90. The Labute approximate surface area is 308 Å². The molecule has 8 heterocycles. The summed E-state index contributed by atoms with van der Waals surface area (Å²) in [5.74, 6) is -0.819. The molecule has 12 heteroatoms. The second-order valence-electron chi connectivity index (χ2n) is 17.2. The van der Waals surface area contributed by atoms with E-state index in [1.807, 2.05) is 0 Å². The van der Waals surface area contributed by atoms with Crippen molar-refractivity contribution >= 4 is 5.78 Å². The third-order valence-electron chi connectivity index (χ3n) is 13.6. The van der Waals surface area contributed by atoms with Crippen LogP contribution in [0.4, 0.5) is 0 Å². The molecule has 0 amide bonds. The number of aliphatic hydroxyl groups excluding tert-OH is 2. The fourth-order valence-corrected chi connectivity index (χ4v) is 10.8. The number of hydrogen-bond donors (Lipinski definition) is 3. The Morgan fingerprint density at radius 1 is 0.846 bits per heavy atom. The van der Waals surface area contributed by atoms with Gasteiger partial charge < -0.3 is 53.8 Å². The number of carbonyl (C=O) groups is 1. The summed E-state index contributed by atoms with van der Waals surface area (Å²) in [6, 6.07) is 0. The standard InChI is InChI=1S/C40H61NO11/c1-20-11-25-5-7-30-21(2)12-27(46-30)9-10-40-18-29(44)38(52-40)35-17-36(51-40)39-31(49-35)8-6-26(48-39)13-23(42)14-28-33(16-32(47-25)22(20)3)50-34(37(28)45-4)15-24(43)19-41/h20,24-39,43-44H,2-3,5-19,41H2,1,4H3/t20-,24+,25+,26-,27+,28+,29-,30+,31+,32-,33+,34-,35?,36-,37-,38+,39+,40-/m1/s1. The molecule has 18 atom stereocenters. The highest BCUT2D eigenvalue weighted by atomic mass is 16.7. The number of Topliss-reactive ketones (excluding diaryl/α,β-unsaturated/α-hetero) is 1. The molecule has 292 valence electrons. The molecule has 0 aromatic heterocycles. The van der Waals surface area contributed by atoms with Crippen LogP contribution in [0, 0.1) is 11.8 Å². The molecule has 52 heavy (non-hydrogen) atoms. The van der Waals surface area contributed by atoms with E-state index in [1.165, 1.54) is 0 Å². The first kappa shape index (κ1) is 37.6. The largest absolute Gasteiger partial charge is 0.392 e. The zero-order chi connectivity index (χ0) is 36.3. The molecule has 8 fully saturated rings. The molecule has 0 aliphatic carbocycles. The van der Waals surface area contributed by atoms with E-state index >= 15 is 0 Å². The van der Waals surface area contributed by atoms with E-state index in [0.29, 0.717) is 38.5 Å².